The van der Waals surface area contributed by atoms with Gasteiger partial charge >= 0.3 is 0 Å². The fourth-order valence-electron chi connectivity index (χ4n) is 4.52. The molecule has 3 rings (SSSR count). The van der Waals surface area contributed by atoms with Crippen LogP contribution in [0.4, 0.5) is 4.53 Å². The van der Waals surface area contributed by atoms with Crippen LogP contribution in [0.2, 0.25) is 0 Å². The Balaban J connectivity index is 0.000000528. The number of nitrogens with one attached hydrogen (secondary N) is 2. The van der Waals surface area contributed by atoms with Crippen molar-refractivity contribution in [1.82, 2.24) is 10.6 Å². The van der Waals surface area contributed by atoms with Crippen molar-refractivity contribution in [1.29, 1.82) is 0 Å². The van der Waals surface area contributed by atoms with Gasteiger partial charge in [-0.05, 0) is 62.2 Å². The van der Waals surface area contributed by atoms with Crippen LogP contribution in [0.15, 0.2) is 11.8 Å². The smallest absolute Gasteiger partial charge is 0.222 e. The SMILES string of the molecule is CC1COC(OF)C(O)C1.CN.NCC(O)CNC1CC(N)[C@@H](O[C@@H]2CCC=C(CNCCCO)O2)C(O)C1. The minimum absolute atomic E-state index is 0.0227. The van der Waals surface area contributed by atoms with Crippen molar-refractivity contribution in [3.63, 3.8) is 0 Å². The third-order valence-electron chi connectivity index (χ3n) is 6.57. The molecule has 0 spiro atoms. The quantitative estimate of drug-likeness (QED) is 0.120. The Kier molecular flexibility index (Phi) is 19.2. The van der Waals surface area contributed by atoms with E-state index in [1.165, 1.54) is 7.05 Å². The molecular weight excluding hydrogens is 517 g/mol. The highest BCUT2D eigenvalue weighted by Crippen LogP contribution is 2.26. The first kappa shape index (κ1) is 36.0. The summed E-state index contributed by atoms with van der Waals surface area (Å²) in [6.45, 7) is 4.44. The van der Waals surface area contributed by atoms with Gasteiger partial charge in [0.15, 0.2) is 6.29 Å². The van der Waals surface area contributed by atoms with E-state index in [4.69, 9.17) is 35.9 Å². The maximum absolute atomic E-state index is 11.5. The standard InChI is InChI=1S/C18H36N4O5.C6H11FO3.CH5N/c19-9-13(24)10-22-12-7-15(20)18(16(25)8-12)27-17-4-1-3-14(26-17)11-21-5-2-6-23;1-4-2-5(8)6(10-7)9-3-4;1-2/h3,12-13,15-18,21-25H,1-2,4-11,19-20H2;4-6,8H,2-3H2,1H3;2H2,1H3/t12?,13?,15?,16?,17-,18-;;/m1../s1. The largest absolute Gasteiger partial charge is 0.468 e. The summed E-state index contributed by atoms with van der Waals surface area (Å²) in [5.74, 6) is 1.10. The molecule has 7 unspecified atom stereocenters. The number of allylic oxidation sites excluding steroid dienone is 1. The summed E-state index contributed by atoms with van der Waals surface area (Å²) >= 11 is 0. The van der Waals surface area contributed by atoms with Crippen molar-refractivity contribution >= 4 is 0 Å². The number of aliphatic hydroxyl groups excluding tert-OH is 4. The molecule has 0 amide bonds. The maximum atomic E-state index is 11.5. The van der Waals surface area contributed by atoms with Crippen LogP contribution >= 0.6 is 0 Å². The van der Waals surface area contributed by atoms with Crippen molar-refractivity contribution in [3.05, 3.63) is 11.8 Å². The normalized spacial score (nSPS) is 33.4. The lowest BCUT2D eigenvalue weighted by molar-refractivity contribution is -0.319. The molecule has 3 aliphatic rings. The zero-order valence-electron chi connectivity index (χ0n) is 23.3. The van der Waals surface area contributed by atoms with Gasteiger partial charge < -0.3 is 62.5 Å². The molecule has 0 aromatic heterocycles. The van der Waals surface area contributed by atoms with Crippen LogP contribution in [0.3, 0.4) is 0 Å². The van der Waals surface area contributed by atoms with E-state index in [9.17, 15) is 14.7 Å². The minimum atomic E-state index is -1.07. The van der Waals surface area contributed by atoms with Crippen LogP contribution in [0.1, 0.15) is 45.4 Å². The number of halogens is 1. The van der Waals surface area contributed by atoms with Gasteiger partial charge in [-0.25, -0.2) is 0 Å². The number of nitrogens with two attached hydrogens (primary N) is 3. The molecule has 1 saturated carbocycles. The lowest BCUT2D eigenvalue weighted by Gasteiger charge is -2.40. The van der Waals surface area contributed by atoms with Crippen LogP contribution in [0.5, 0.6) is 0 Å². The van der Waals surface area contributed by atoms with Gasteiger partial charge in [-0.15, -0.1) is 0 Å². The number of hydrogen-bond donors (Lipinski definition) is 9. The van der Waals surface area contributed by atoms with E-state index in [-0.39, 0.29) is 31.2 Å². The van der Waals surface area contributed by atoms with Gasteiger partial charge in [0.2, 0.25) is 6.29 Å². The molecule has 2 fully saturated rings. The lowest BCUT2D eigenvalue weighted by atomic mass is 9.86. The Morgan fingerprint density at radius 1 is 1.21 bits per heavy atom. The van der Waals surface area contributed by atoms with E-state index in [1.807, 2.05) is 13.0 Å². The van der Waals surface area contributed by atoms with E-state index in [1.54, 1.807) is 0 Å². The van der Waals surface area contributed by atoms with Gasteiger partial charge in [-0.2, -0.15) is 4.94 Å². The molecule has 0 bridgehead atoms. The average Bonchev–Trinajstić information content (AvgIpc) is 2.93. The summed E-state index contributed by atoms with van der Waals surface area (Å²) in [6.07, 6.45) is 1.92. The monoisotopic (exact) mass is 569 g/mol. The third kappa shape index (κ3) is 13.9. The van der Waals surface area contributed by atoms with E-state index in [2.05, 4.69) is 21.3 Å². The summed E-state index contributed by atoms with van der Waals surface area (Å²) in [4.78, 5) is 3.38. The van der Waals surface area contributed by atoms with Gasteiger partial charge in [0.1, 0.15) is 18.0 Å². The first-order valence-corrected chi connectivity index (χ1v) is 13.8. The van der Waals surface area contributed by atoms with Gasteiger partial charge in [0.25, 0.3) is 0 Å². The van der Waals surface area contributed by atoms with Crippen LogP contribution in [0, 0.1) is 5.92 Å². The first-order chi connectivity index (χ1) is 18.8. The molecule has 9 atom stereocenters. The molecule has 0 aromatic rings. The van der Waals surface area contributed by atoms with Gasteiger partial charge in [0, 0.05) is 38.2 Å². The first-order valence-electron chi connectivity index (χ1n) is 13.8. The topological polar surface area (TPSA) is 220 Å². The molecule has 14 heteroatoms. The Labute approximate surface area is 231 Å². The third-order valence-corrected chi connectivity index (χ3v) is 6.57. The highest BCUT2D eigenvalue weighted by atomic mass is 19.3. The van der Waals surface area contributed by atoms with Crippen molar-refractivity contribution in [3.8, 4) is 0 Å². The Hall–Kier alpha value is -1.01. The lowest BCUT2D eigenvalue weighted by Crippen LogP contribution is -2.57. The van der Waals surface area contributed by atoms with E-state index < -0.39 is 37.0 Å². The van der Waals surface area contributed by atoms with Crippen molar-refractivity contribution in [2.24, 2.45) is 23.1 Å². The average molecular weight is 570 g/mol. The zero-order chi connectivity index (χ0) is 29.2. The second kappa shape index (κ2) is 20.8. The van der Waals surface area contributed by atoms with Crippen LogP contribution < -0.4 is 27.8 Å². The van der Waals surface area contributed by atoms with Crippen molar-refractivity contribution in [2.45, 2.75) is 94.5 Å². The van der Waals surface area contributed by atoms with E-state index in [0.29, 0.717) is 45.4 Å². The molecule has 12 N–H and O–H groups in total. The van der Waals surface area contributed by atoms with Crippen LogP contribution in [-0.2, 0) is 19.2 Å². The highest BCUT2D eigenvalue weighted by molar-refractivity contribution is 5.00. The molecule has 0 aromatic carbocycles. The predicted octanol–water partition coefficient (Wildman–Crippen LogP) is -1.67. The van der Waals surface area contributed by atoms with Crippen molar-refractivity contribution < 1.29 is 44.1 Å². The van der Waals surface area contributed by atoms with Gasteiger partial charge in [0.05, 0.1) is 25.4 Å². The summed E-state index contributed by atoms with van der Waals surface area (Å²) in [6, 6.07) is -0.295. The second-order valence-electron chi connectivity index (χ2n) is 10.0. The highest BCUT2D eigenvalue weighted by Gasteiger charge is 2.38. The van der Waals surface area contributed by atoms with Crippen LogP contribution in [0.25, 0.3) is 0 Å². The Bertz CT molecular complexity index is 644. The second-order valence-corrected chi connectivity index (χ2v) is 10.0. The van der Waals surface area contributed by atoms with Crippen LogP contribution in [-0.4, -0.2) is 116 Å². The molecule has 0 radical (unpaired) electrons. The molecule has 1 saturated heterocycles. The molecule has 232 valence electrons. The fraction of sp³-hybridized carbons (Fsp3) is 0.920. The molecule has 13 nitrogen and oxygen atoms in total. The van der Waals surface area contributed by atoms with Crippen molar-refractivity contribution in [2.75, 3.05) is 46.4 Å². The number of rotatable bonds is 12. The van der Waals surface area contributed by atoms with Gasteiger partial charge in [-0.1, -0.05) is 6.92 Å². The van der Waals surface area contributed by atoms with E-state index in [0.717, 1.165) is 25.1 Å². The summed E-state index contributed by atoms with van der Waals surface area (Å²) in [5, 5.41) is 44.3. The summed E-state index contributed by atoms with van der Waals surface area (Å²) in [5.41, 5.74) is 16.2. The summed E-state index contributed by atoms with van der Waals surface area (Å²) in [7, 11) is 1.50. The number of hydrogen-bond acceptors (Lipinski definition) is 13. The summed E-state index contributed by atoms with van der Waals surface area (Å²) < 4.78 is 28.2. The number of ether oxygens (including phenoxy) is 3. The molecule has 39 heavy (non-hydrogen) atoms. The maximum Gasteiger partial charge on any atom is 0.222 e. The molecule has 2 aliphatic heterocycles. The zero-order valence-corrected chi connectivity index (χ0v) is 23.3. The molecular formula is C25H52FN5O8. The Morgan fingerprint density at radius 2 is 1.95 bits per heavy atom. The predicted molar refractivity (Wildman–Crippen MR) is 144 cm³/mol. The fourth-order valence-corrected chi connectivity index (χ4v) is 4.52. The molecule has 1 aliphatic carbocycles. The molecule has 2 heterocycles. The number of aliphatic hydroxyl groups is 4. The van der Waals surface area contributed by atoms with E-state index >= 15 is 0 Å². The van der Waals surface area contributed by atoms with Gasteiger partial charge in [-0.3, -0.25) is 0 Å². The minimum Gasteiger partial charge on any atom is -0.468 e. The Morgan fingerprint density at radius 3 is 2.56 bits per heavy atom.